The van der Waals surface area contributed by atoms with E-state index in [0.717, 1.165) is 15.6 Å². The Balaban J connectivity index is 2.66. The molecule has 0 aliphatic rings. The topological polar surface area (TPSA) is 66.4 Å². The number of carbonyl (C=O) groups excluding carboxylic acids is 1. The summed E-state index contributed by atoms with van der Waals surface area (Å²) >= 11 is 3.43. The van der Waals surface area contributed by atoms with Crippen molar-refractivity contribution in [3.8, 4) is 0 Å². The summed E-state index contributed by atoms with van der Waals surface area (Å²) in [6.07, 6.45) is 1.75. The Hall–Kier alpha value is -1.36. The van der Waals surface area contributed by atoms with E-state index in [1.807, 2.05) is 25.1 Å². The first-order chi connectivity index (χ1) is 8.52. The van der Waals surface area contributed by atoms with E-state index in [4.69, 9.17) is 5.11 Å². The molecule has 5 heteroatoms. The quantitative estimate of drug-likeness (QED) is 0.759. The van der Waals surface area contributed by atoms with Crippen LogP contribution in [0.4, 0.5) is 0 Å². The number of carbonyl (C=O) groups is 2. The van der Waals surface area contributed by atoms with E-state index in [0.29, 0.717) is 19.3 Å². The molecule has 1 aromatic carbocycles. The van der Waals surface area contributed by atoms with Gasteiger partial charge in [0.15, 0.2) is 0 Å². The van der Waals surface area contributed by atoms with Crippen LogP contribution < -0.4 is 5.32 Å². The fraction of sp³-hybridized carbons (Fsp3) is 0.385. The van der Waals surface area contributed by atoms with Crippen molar-refractivity contribution in [3.63, 3.8) is 0 Å². The Bertz CT molecular complexity index is 434. The molecule has 1 unspecified atom stereocenters. The largest absolute Gasteiger partial charge is 0.481 e. The van der Waals surface area contributed by atoms with Crippen molar-refractivity contribution in [3.05, 3.63) is 33.8 Å². The van der Waals surface area contributed by atoms with E-state index in [-0.39, 0.29) is 12.5 Å². The molecule has 1 amide bonds. The molecule has 1 rings (SSSR count). The van der Waals surface area contributed by atoms with Crippen molar-refractivity contribution in [2.75, 3.05) is 0 Å². The zero-order valence-corrected chi connectivity index (χ0v) is 11.7. The molecule has 1 atom stereocenters. The fourth-order valence-corrected chi connectivity index (χ4v) is 2.00. The van der Waals surface area contributed by atoms with Crippen molar-refractivity contribution < 1.29 is 14.7 Å². The minimum Gasteiger partial charge on any atom is -0.481 e. The van der Waals surface area contributed by atoms with Gasteiger partial charge in [0.05, 0.1) is 0 Å². The number of amides is 1. The molecule has 0 radical (unpaired) electrons. The van der Waals surface area contributed by atoms with Crippen molar-refractivity contribution >= 4 is 28.3 Å². The smallest absolute Gasteiger partial charge is 0.303 e. The van der Waals surface area contributed by atoms with Crippen LogP contribution in [0, 0.1) is 6.92 Å². The molecule has 0 aromatic heterocycles. The zero-order chi connectivity index (χ0) is 13.5. The van der Waals surface area contributed by atoms with Gasteiger partial charge in [-0.1, -0.05) is 28.1 Å². The highest BCUT2D eigenvalue weighted by Gasteiger charge is 2.11. The maximum Gasteiger partial charge on any atom is 0.303 e. The van der Waals surface area contributed by atoms with Crippen LogP contribution in [0.15, 0.2) is 22.7 Å². The van der Waals surface area contributed by atoms with Gasteiger partial charge in [-0.05, 0) is 37.0 Å². The molecular formula is C13H16BrNO3. The van der Waals surface area contributed by atoms with Gasteiger partial charge in [0.1, 0.15) is 0 Å². The van der Waals surface area contributed by atoms with Crippen LogP contribution in [-0.4, -0.2) is 23.5 Å². The summed E-state index contributed by atoms with van der Waals surface area (Å²) < 4.78 is 1.04. The number of aliphatic carboxylic acids is 1. The van der Waals surface area contributed by atoms with E-state index >= 15 is 0 Å². The lowest BCUT2D eigenvalue weighted by atomic mass is 10.0. The predicted octanol–water partition coefficient (Wildman–Crippen LogP) is 2.28. The van der Waals surface area contributed by atoms with Crippen LogP contribution in [0.2, 0.25) is 0 Å². The summed E-state index contributed by atoms with van der Waals surface area (Å²) in [5.74, 6) is -0.848. The Kier molecular flexibility index (Phi) is 5.85. The second-order valence-corrected chi connectivity index (χ2v) is 5.06. The normalized spacial score (nSPS) is 11.9. The minimum atomic E-state index is -0.848. The van der Waals surface area contributed by atoms with Crippen molar-refractivity contribution in [1.29, 1.82) is 0 Å². The molecule has 0 bridgehead atoms. The molecule has 4 nitrogen and oxygen atoms in total. The van der Waals surface area contributed by atoms with Gasteiger partial charge in [0.25, 0.3) is 0 Å². The van der Waals surface area contributed by atoms with E-state index in [9.17, 15) is 9.59 Å². The molecular weight excluding hydrogens is 298 g/mol. The third-order valence-electron chi connectivity index (χ3n) is 2.71. The second kappa shape index (κ2) is 7.16. The second-order valence-electron chi connectivity index (χ2n) is 4.20. The van der Waals surface area contributed by atoms with Crippen LogP contribution in [0.3, 0.4) is 0 Å². The number of halogens is 1. The molecule has 1 aromatic rings. The molecule has 0 heterocycles. The number of hydrogen-bond acceptors (Lipinski definition) is 2. The lowest BCUT2D eigenvalue weighted by molar-refractivity contribution is -0.137. The zero-order valence-electron chi connectivity index (χ0n) is 10.1. The summed E-state index contributed by atoms with van der Waals surface area (Å²) in [5.41, 5.74) is 2.20. The molecule has 0 saturated carbocycles. The summed E-state index contributed by atoms with van der Waals surface area (Å²) in [4.78, 5) is 21.0. The Morgan fingerprint density at radius 1 is 1.56 bits per heavy atom. The van der Waals surface area contributed by atoms with Gasteiger partial charge < -0.3 is 10.4 Å². The number of carboxylic acid groups (broad SMARTS) is 1. The maximum absolute atomic E-state index is 10.5. The first-order valence-electron chi connectivity index (χ1n) is 5.69. The molecule has 2 N–H and O–H groups in total. The third kappa shape index (κ3) is 4.87. The monoisotopic (exact) mass is 313 g/mol. The van der Waals surface area contributed by atoms with Crippen LogP contribution >= 0.6 is 15.9 Å². The standard InChI is InChI=1S/C13H16BrNO3/c1-9-6-10(2-4-12(9)14)7-11(15-8-16)3-5-13(17)18/h2,4,6,8,11H,3,5,7H2,1H3,(H,15,16)(H,17,18). The highest BCUT2D eigenvalue weighted by Crippen LogP contribution is 2.18. The third-order valence-corrected chi connectivity index (χ3v) is 3.60. The minimum absolute atomic E-state index is 0.0566. The first-order valence-corrected chi connectivity index (χ1v) is 6.48. The summed E-state index contributed by atoms with van der Waals surface area (Å²) in [7, 11) is 0. The van der Waals surface area contributed by atoms with Crippen LogP contribution in [0.5, 0.6) is 0 Å². The predicted molar refractivity (Wildman–Crippen MR) is 72.4 cm³/mol. The number of aryl methyl sites for hydroxylation is 1. The average Bonchev–Trinajstić information content (AvgIpc) is 2.31. The van der Waals surface area contributed by atoms with Crippen LogP contribution in [0.25, 0.3) is 0 Å². The van der Waals surface area contributed by atoms with Crippen molar-refractivity contribution in [2.45, 2.75) is 32.2 Å². The molecule has 98 valence electrons. The summed E-state index contributed by atoms with van der Waals surface area (Å²) in [6, 6.07) is 5.82. The van der Waals surface area contributed by atoms with E-state index in [1.54, 1.807) is 0 Å². The molecule has 18 heavy (non-hydrogen) atoms. The highest BCUT2D eigenvalue weighted by molar-refractivity contribution is 9.10. The number of nitrogens with one attached hydrogen (secondary N) is 1. The number of benzene rings is 1. The Morgan fingerprint density at radius 2 is 2.28 bits per heavy atom. The summed E-state index contributed by atoms with van der Waals surface area (Å²) in [6.45, 7) is 1.99. The van der Waals surface area contributed by atoms with Gasteiger partial charge in [-0.3, -0.25) is 9.59 Å². The van der Waals surface area contributed by atoms with Crippen LogP contribution in [-0.2, 0) is 16.0 Å². The van der Waals surface area contributed by atoms with Gasteiger partial charge in [-0.2, -0.15) is 0 Å². The van der Waals surface area contributed by atoms with E-state index in [1.165, 1.54) is 0 Å². The average molecular weight is 314 g/mol. The van der Waals surface area contributed by atoms with E-state index in [2.05, 4.69) is 21.2 Å². The molecule has 0 fully saturated rings. The molecule has 0 aliphatic heterocycles. The van der Waals surface area contributed by atoms with Crippen molar-refractivity contribution in [1.82, 2.24) is 5.32 Å². The molecule has 0 saturated heterocycles. The van der Waals surface area contributed by atoms with Gasteiger partial charge in [-0.15, -0.1) is 0 Å². The number of hydrogen-bond donors (Lipinski definition) is 2. The number of carboxylic acids is 1. The summed E-state index contributed by atoms with van der Waals surface area (Å²) in [5, 5.41) is 11.3. The Morgan fingerprint density at radius 3 is 2.83 bits per heavy atom. The van der Waals surface area contributed by atoms with Gasteiger partial charge in [0.2, 0.25) is 6.41 Å². The highest BCUT2D eigenvalue weighted by atomic mass is 79.9. The maximum atomic E-state index is 10.5. The fourth-order valence-electron chi connectivity index (χ4n) is 1.76. The lowest BCUT2D eigenvalue weighted by Gasteiger charge is -2.15. The SMILES string of the molecule is Cc1cc(CC(CCC(=O)O)NC=O)ccc1Br. The first kappa shape index (κ1) is 14.7. The van der Waals surface area contributed by atoms with Gasteiger partial charge >= 0.3 is 5.97 Å². The van der Waals surface area contributed by atoms with E-state index < -0.39 is 5.97 Å². The van der Waals surface area contributed by atoms with Crippen molar-refractivity contribution in [2.24, 2.45) is 0 Å². The van der Waals surface area contributed by atoms with Crippen LogP contribution in [0.1, 0.15) is 24.0 Å². The molecule has 0 aliphatic carbocycles. The van der Waals surface area contributed by atoms with Gasteiger partial charge in [-0.25, -0.2) is 0 Å². The Labute approximate surface area is 115 Å². The van der Waals surface area contributed by atoms with Gasteiger partial charge in [0, 0.05) is 16.9 Å². The molecule has 0 spiro atoms. The number of rotatable bonds is 7. The lowest BCUT2D eigenvalue weighted by Crippen LogP contribution is -2.30.